The number of piperazine rings is 1. The first-order valence-electron chi connectivity index (χ1n) is 8.71. The molecule has 2 heterocycles. The van der Waals surface area contributed by atoms with Crippen molar-refractivity contribution in [2.24, 2.45) is 4.99 Å². The summed E-state index contributed by atoms with van der Waals surface area (Å²) in [4.78, 5) is 13.4. The highest BCUT2D eigenvalue weighted by Crippen LogP contribution is 2.05. The van der Waals surface area contributed by atoms with Gasteiger partial charge in [-0.05, 0) is 24.6 Å². The molecule has 1 saturated heterocycles. The molecule has 2 rings (SSSR count). The first-order valence-corrected chi connectivity index (χ1v) is 9.08. The second-order valence-corrected chi connectivity index (χ2v) is 6.33. The van der Waals surface area contributed by atoms with E-state index in [1.807, 2.05) is 18.3 Å². The van der Waals surface area contributed by atoms with E-state index in [0.29, 0.717) is 5.15 Å². The monoisotopic (exact) mass is 480 g/mol. The molecule has 0 spiro atoms. The molecule has 2 N–H and O–H groups in total. The molecule has 25 heavy (non-hydrogen) atoms. The molecular formula is C17H30ClIN6. The summed E-state index contributed by atoms with van der Waals surface area (Å²) in [5.74, 6) is 0.851. The van der Waals surface area contributed by atoms with Gasteiger partial charge in [0, 0.05) is 59.1 Å². The van der Waals surface area contributed by atoms with Crippen molar-refractivity contribution in [2.45, 2.75) is 13.3 Å². The molecule has 6 nitrogen and oxygen atoms in total. The van der Waals surface area contributed by atoms with Crippen LogP contribution in [0.3, 0.4) is 0 Å². The molecule has 0 unspecified atom stereocenters. The number of rotatable bonds is 7. The molecule has 0 atom stereocenters. The van der Waals surface area contributed by atoms with Crippen molar-refractivity contribution >= 4 is 41.5 Å². The zero-order valence-corrected chi connectivity index (χ0v) is 18.3. The molecule has 1 fully saturated rings. The standard InChI is InChI=1S/C17H29ClN6.HI/c1-3-23-10-12-24(13-11-23)9-8-21-17(19-2)20-7-6-15-4-5-16(18)22-14-15;/h4-5,14H,3,6-13H2,1-2H3,(H2,19,20,21);1H. The summed E-state index contributed by atoms with van der Waals surface area (Å²) in [5.41, 5.74) is 1.16. The van der Waals surface area contributed by atoms with Gasteiger partial charge >= 0.3 is 0 Å². The fourth-order valence-electron chi connectivity index (χ4n) is 2.76. The highest BCUT2D eigenvalue weighted by molar-refractivity contribution is 14.0. The smallest absolute Gasteiger partial charge is 0.191 e. The van der Waals surface area contributed by atoms with E-state index in [1.54, 1.807) is 7.05 Å². The van der Waals surface area contributed by atoms with Gasteiger partial charge in [-0.3, -0.25) is 9.89 Å². The van der Waals surface area contributed by atoms with Crippen molar-refractivity contribution in [2.75, 3.05) is 59.4 Å². The highest BCUT2D eigenvalue weighted by atomic mass is 127. The molecule has 0 radical (unpaired) electrons. The number of guanidine groups is 1. The van der Waals surface area contributed by atoms with Crippen molar-refractivity contribution in [1.82, 2.24) is 25.4 Å². The first kappa shape index (κ1) is 22.4. The lowest BCUT2D eigenvalue weighted by molar-refractivity contribution is 0.139. The van der Waals surface area contributed by atoms with Gasteiger partial charge in [-0.15, -0.1) is 24.0 Å². The molecule has 0 aliphatic carbocycles. The van der Waals surface area contributed by atoms with E-state index in [1.165, 1.54) is 13.1 Å². The summed E-state index contributed by atoms with van der Waals surface area (Å²) in [6.07, 6.45) is 2.71. The van der Waals surface area contributed by atoms with Crippen LogP contribution in [-0.2, 0) is 6.42 Å². The Morgan fingerprint density at radius 1 is 1.16 bits per heavy atom. The molecule has 1 aromatic heterocycles. The molecule has 1 aliphatic rings. The first-order chi connectivity index (χ1) is 11.7. The Morgan fingerprint density at radius 2 is 1.84 bits per heavy atom. The number of halogens is 2. The van der Waals surface area contributed by atoms with E-state index in [-0.39, 0.29) is 24.0 Å². The number of pyridine rings is 1. The Bertz CT molecular complexity index is 502. The summed E-state index contributed by atoms with van der Waals surface area (Å²) >= 11 is 5.79. The maximum atomic E-state index is 5.79. The Kier molecular flexibility index (Phi) is 11.4. The van der Waals surface area contributed by atoms with Crippen LogP contribution in [0.2, 0.25) is 5.15 Å². The molecule has 8 heteroatoms. The molecule has 1 aliphatic heterocycles. The summed E-state index contributed by atoms with van der Waals surface area (Å²) in [6, 6.07) is 3.82. The topological polar surface area (TPSA) is 55.8 Å². The number of aliphatic imine (C=N–C) groups is 1. The van der Waals surface area contributed by atoms with Crippen molar-refractivity contribution in [3.8, 4) is 0 Å². The third kappa shape index (κ3) is 8.52. The minimum absolute atomic E-state index is 0. The summed E-state index contributed by atoms with van der Waals surface area (Å²) < 4.78 is 0. The van der Waals surface area contributed by atoms with Gasteiger partial charge in [0.25, 0.3) is 0 Å². The average Bonchev–Trinajstić information content (AvgIpc) is 2.62. The van der Waals surface area contributed by atoms with E-state index in [0.717, 1.165) is 57.2 Å². The number of hydrogen-bond acceptors (Lipinski definition) is 4. The zero-order valence-electron chi connectivity index (χ0n) is 15.2. The van der Waals surface area contributed by atoms with Crippen LogP contribution < -0.4 is 10.6 Å². The molecule has 0 saturated carbocycles. The SMILES string of the molecule is CCN1CCN(CCNC(=NC)NCCc2ccc(Cl)nc2)CC1.I. The Morgan fingerprint density at radius 3 is 2.44 bits per heavy atom. The molecule has 142 valence electrons. The minimum Gasteiger partial charge on any atom is -0.356 e. The third-order valence-electron chi connectivity index (χ3n) is 4.35. The summed E-state index contributed by atoms with van der Waals surface area (Å²) in [7, 11) is 1.80. The van der Waals surface area contributed by atoms with Gasteiger partial charge < -0.3 is 15.5 Å². The maximum Gasteiger partial charge on any atom is 0.191 e. The van der Waals surface area contributed by atoms with Gasteiger partial charge in [-0.2, -0.15) is 0 Å². The largest absolute Gasteiger partial charge is 0.356 e. The van der Waals surface area contributed by atoms with E-state index >= 15 is 0 Å². The van der Waals surface area contributed by atoms with E-state index in [9.17, 15) is 0 Å². The van der Waals surface area contributed by atoms with Crippen LogP contribution in [0.1, 0.15) is 12.5 Å². The van der Waals surface area contributed by atoms with Crippen LogP contribution in [0.5, 0.6) is 0 Å². The van der Waals surface area contributed by atoms with E-state index < -0.39 is 0 Å². The number of nitrogens with zero attached hydrogens (tertiary/aromatic N) is 4. The predicted octanol–water partition coefficient (Wildman–Crippen LogP) is 1.70. The van der Waals surface area contributed by atoms with Crippen LogP contribution in [0, 0.1) is 0 Å². The van der Waals surface area contributed by atoms with Crippen LogP contribution in [0.15, 0.2) is 23.3 Å². The normalized spacial score (nSPS) is 16.4. The molecule has 0 aromatic carbocycles. The van der Waals surface area contributed by atoms with Gasteiger partial charge in [0.05, 0.1) is 0 Å². The fourth-order valence-corrected chi connectivity index (χ4v) is 2.87. The lowest BCUT2D eigenvalue weighted by atomic mass is 10.2. The van der Waals surface area contributed by atoms with Crippen molar-refractivity contribution < 1.29 is 0 Å². The number of hydrogen-bond donors (Lipinski definition) is 2. The van der Waals surface area contributed by atoms with Gasteiger partial charge in [-0.25, -0.2) is 4.98 Å². The summed E-state index contributed by atoms with van der Waals surface area (Å²) in [6.45, 7) is 10.8. The predicted molar refractivity (Wildman–Crippen MR) is 116 cm³/mol. The second kappa shape index (κ2) is 12.7. The van der Waals surface area contributed by atoms with Crippen LogP contribution in [-0.4, -0.2) is 80.1 Å². The number of nitrogens with one attached hydrogen (secondary N) is 2. The lowest BCUT2D eigenvalue weighted by Gasteiger charge is -2.34. The Labute approximate surface area is 173 Å². The Balaban J connectivity index is 0.00000312. The summed E-state index contributed by atoms with van der Waals surface area (Å²) in [5, 5.41) is 7.25. The average molecular weight is 481 g/mol. The third-order valence-corrected chi connectivity index (χ3v) is 4.57. The van der Waals surface area contributed by atoms with Gasteiger partial charge in [-0.1, -0.05) is 24.6 Å². The van der Waals surface area contributed by atoms with Crippen LogP contribution in [0.4, 0.5) is 0 Å². The second-order valence-electron chi connectivity index (χ2n) is 5.94. The van der Waals surface area contributed by atoms with Crippen molar-refractivity contribution in [3.05, 3.63) is 29.0 Å². The van der Waals surface area contributed by atoms with Gasteiger partial charge in [0.15, 0.2) is 5.96 Å². The molecule has 0 bridgehead atoms. The molecule has 1 aromatic rings. The van der Waals surface area contributed by atoms with Crippen molar-refractivity contribution in [3.63, 3.8) is 0 Å². The minimum atomic E-state index is 0. The lowest BCUT2D eigenvalue weighted by Crippen LogP contribution is -2.49. The fraction of sp³-hybridized carbons (Fsp3) is 0.647. The molecular weight excluding hydrogens is 451 g/mol. The number of likely N-dealkylation sites (N-methyl/N-ethyl adjacent to an activating group) is 1. The van der Waals surface area contributed by atoms with Gasteiger partial charge in [0.2, 0.25) is 0 Å². The maximum absolute atomic E-state index is 5.79. The Hall–Kier alpha value is -0.640. The highest BCUT2D eigenvalue weighted by Gasteiger charge is 2.14. The van der Waals surface area contributed by atoms with Crippen molar-refractivity contribution in [1.29, 1.82) is 0 Å². The molecule has 0 amide bonds. The number of aromatic nitrogens is 1. The van der Waals surface area contributed by atoms with Crippen LogP contribution in [0.25, 0.3) is 0 Å². The van der Waals surface area contributed by atoms with E-state index in [2.05, 4.69) is 37.3 Å². The van der Waals surface area contributed by atoms with Gasteiger partial charge in [0.1, 0.15) is 5.15 Å². The zero-order chi connectivity index (χ0) is 17.2. The van der Waals surface area contributed by atoms with E-state index in [4.69, 9.17) is 11.6 Å². The quantitative estimate of drug-likeness (QED) is 0.269. The van der Waals surface area contributed by atoms with Crippen LogP contribution >= 0.6 is 35.6 Å².